The fourth-order valence-electron chi connectivity index (χ4n) is 1.53. The minimum absolute atomic E-state index is 0. The number of carbonyl (C=O) groups excluding carboxylic acids is 1. The Labute approximate surface area is 126 Å². The number of carbonyl (C=O) groups is 1. The summed E-state index contributed by atoms with van der Waals surface area (Å²) in [5, 5.41) is 2.78. The van der Waals surface area contributed by atoms with Crippen molar-refractivity contribution < 1.29 is 13.2 Å². The summed E-state index contributed by atoms with van der Waals surface area (Å²) in [4.78, 5) is 11.5. The van der Waals surface area contributed by atoms with Crippen LogP contribution in [-0.2, 0) is 26.9 Å². The van der Waals surface area contributed by atoms with Crippen molar-refractivity contribution in [3.05, 3.63) is 35.4 Å². The molecule has 0 aliphatic rings. The van der Waals surface area contributed by atoms with E-state index in [2.05, 4.69) is 5.32 Å². The van der Waals surface area contributed by atoms with Crippen LogP contribution < -0.4 is 11.1 Å². The number of halogens is 1. The highest BCUT2D eigenvalue weighted by molar-refractivity contribution is 7.89. The van der Waals surface area contributed by atoms with Gasteiger partial charge < -0.3 is 11.1 Å². The van der Waals surface area contributed by atoms with Gasteiger partial charge in [0.2, 0.25) is 5.91 Å². The van der Waals surface area contributed by atoms with Gasteiger partial charge in [0.15, 0.2) is 9.84 Å². The first kappa shape index (κ1) is 18.9. The molecule has 20 heavy (non-hydrogen) atoms. The largest absolute Gasteiger partial charge is 0.352 e. The summed E-state index contributed by atoms with van der Waals surface area (Å²) in [6.45, 7) is 2.51. The molecule has 0 aromatic heterocycles. The van der Waals surface area contributed by atoms with Crippen molar-refractivity contribution in [2.75, 3.05) is 12.8 Å². The Morgan fingerprint density at radius 1 is 1.25 bits per heavy atom. The van der Waals surface area contributed by atoms with Crippen LogP contribution in [0.1, 0.15) is 18.1 Å². The zero-order valence-electron chi connectivity index (χ0n) is 11.6. The van der Waals surface area contributed by atoms with Crippen LogP contribution in [0, 0.1) is 5.92 Å². The molecule has 1 aromatic rings. The van der Waals surface area contributed by atoms with Crippen molar-refractivity contribution in [1.82, 2.24) is 5.32 Å². The van der Waals surface area contributed by atoms with E-state index in [1.165, 1.54) is 6.26 Å². The Morgan fingerprint density at radius 2 is 1.75 bits per heavy atom. The van der Waals surface area contributed by atoms with Gasteiger partial charge in [0.25, 0.3) is 0 Å². The fourth-order valence-corrected chi connectivity index (χ4v) is 2.32. The first-order valence-corrected chi connectivity index (χ1v) is 8.11. The van der Waals surface area contributed by atoms with E-state index in [9.17, 15) is 13.2 Å². The monoisotopic (exact) mass is 320 g/mol. The van der Waals surface area contributed by atoms with E-state index in [-0.39, 0.29) is 30.0 Å². The Bertz CT molecular complexity index is 529. The molecule has 0 aliphatic carbocycles. The molecule has 1 atom stereocenters. The molecule has 0 saturated carbocycles. The maximum absolute atomic E-state index is 11.5. The molecule has 0 radical (unpaired) electrons. The molecule has 0 heterocycles. The smallest absolute Gasteiger partial charge is 0.224 e. The third kappa shape index (κ3) is 6.88. The maximum Gasteiger partial charge on any atom is 0.224 e. The highest BCUT2D eigenvalue weighted by atomic mass is 35.5. The molecule has 0 aliphatic heterocycles. The summed E-state index contributed by atoms with van der Waals surface area (Å²) in [7, 11) is -3.01. The predicted octanol–water partition coefficient (Wildman–Crippen LogP) is 0.864. The van der Waals surface area contributed by atoms with Gasteiger partial charge in [0.1, 0.15) is 0 Å². The lowest BCUT2D eigenvalue weighted by Gasteiger charge is -2.10. The molecular weight excluding hydrogens is 300 g/mol. The van der Waals surface area contributed by atoms with Crippen LogP contribution in [0.3, 0.4) is 0 Å². The number of amides is 1. The van der Waals surface area contributed by atoms with Crippen molar-refractivity contribution in [3.8, 4) is 0 Å². The standard InChI is InChI=1S/C13H20N2O3S.ClH/c1-10(7-14)13(16)15-8-11-3-5-12(6-4-11)9-19(2,17)18;/h3-6,10H,7-9,14H2,1-2H3,(H,15,16);1H. The summed E-state index contributed by atoms with van der Waals surface area (Å²) in [6, 6.07) is 7.14. The highest BCUT2D eigenvalue weighted by Gasteiger charge is 2.10. The van der Waals surface area contributed by atoms with Crippen LogP contribution in [0.5, 0.6) is 0 Å². The number of benzene rings is 1. The molecule has 7 heteroatoms. The van der Waals surface area contributed by atoms with Crippen LogP contribution in [0.2, 0.25) is 0 Å². The first-order chi connectivity index (χ1) is 8.81. The fraction of sp³-hybridized carbons (Fsp3) is 0.462. The second-order valence-electron chi connectivity index (χ2n) is 4.74. The number of nitrogens with one attached hydrogen (secondary N) is 1. The Balaban J connectivity index is 0.00000361. The average molecular weight is 321 g/mol. The zero-order chi connectivity index (χ0) is 14.5. The molecule has 1 unspecified atom stereocenters. The van der Waals surface area contributed by atoms with E-state index >= 15 is 0 Å². The lowest BCUT2D eigenvalue weighted by Crippen LogP contribution is -2.32. The lowest BCUT2D eigenvalue weighted by molar-refractivity contribution is -0.124. The lowest BCUT2D eigenvalue weighted by atomic mass is 10.1. The summed E-state index contributed by atoms with van der Waals surface area (Å²) >= 11 is 0. The van der Waals surface area contributed by atoms with Gasteiger partial charge in [0.05, 0.1) is 5.75 Å². The third-order valence-corrected chi connectivity index (χ3v) is 3.58. The molecule has 5 nitrogen and oxygen atoms in total. The van der Waals surface area contributed by atoms with Crippen LogP contribution in [0.15, 0.2) is 24.3 Å². The van der Waals surface area contributed by atoms with Gasteiger partial charge in [-0.3, -0.25) is 4.79 Å². The van der Waals surface area contributed by atoms with Crippen molar-refractivity contribution in [2.45, 2.75) is 19.2 Å². The Kier molecular flexibility index (Phi) is 7.78. The molecule has 0 saturated heterocycles. The van der Waals surface area contributed by atoms with E-state index in [0.717, 1.165) is 11.1 Å². The van der Waals surface area contributed by atoms with Crippen molar-refractivity contribution >= 4 is 28.2 Å². The molecule has 1 rings (SSSR count). The van der Waals surface area contributed by atoms with E-state index in [1.807, 2.05) is 12.1 Å². The number of hydrogen-bond acceptors (Lipinski definition) is 4. The van der Waals surface area contributed by atoms with Crippen molar-refractivity contribution in [3.63, 3.8) is 0 Å². The molecule has 0 fully saturated rings. The number of rotatable bonds is 6. The topological polar surface area (TPSA) is 89.3 Å². The number of hydrogen-bond donors (Lipinski definition) is 2. The van der Waals surface area contributed by atoms with Gasteiger partial charge in [-0.05, 0) is 11.1 Å². The minimum atomic E-state index is -3.01. The van der Waals surface area contributed by atoms with Crippen LogP contribution in [0.4, 0.5) is 0 Å². The summed E-state index contributed by atoms with van der Waals surface area (Å²) < 4.78 is 22.3. The van der Waals surface area contributed by atoms with E-state index in [1.54, 1.807) is 19.1 Å². The van der Waals surface area contributed by atoms with Gasteiger partial charge in [-0.1, -0.05) is 31.2 Å². The summed E-state index contributed by atoms with van der Waals surface area (Å²) in [5.74, 6) is -0.253. The van der Waals surface area contributed by atoms with Gasteiger partial charge in [-0.2, -0.15) is 0 Å². The summed E-state index contributed by atoms with van der Waals surface area (Å²) in [6.07, 6.45) is 1.20. The van der Waals surface area contributed by atoms with Gasteiger partial charge >= 0.3 is 0 Å². The quantitative estimate of drug-likeness (QED) is 0.813. The molecule has 1 amide bonds. The Hall–Kier alpha value is -1.11. The van der Waals surface area contributed by atoms with Crippen LogP contribution >= 0.6 is 12.4 Å². The molecule has 1 aromatic carbocycles. The third-order valence-electron chi connectivity index (χ3n) is 2.72. The van der Waals surface area contributed by atoms with E-state index in [4.69, 9.17) is 5.73 Å². The molecule has 0 bridgehead atoms. The highest BCUT2D eigenvalue weighted by Crippen LogP contribution is 2.08. The predicted molar refractivity (Wildman–Crippen MR) is 82.3 cm³/mol. The average Bonchev–Trinajstić information content (AvgIpc) is 2.34. The minimum Gasteiger partial charge on any atom is -0.352 e. The van der Waals surface area contributed by atoms with E-state index in [0.29, 0.717) is 13.1 Å². The number of nitrogens with two attached hydrogens (primary N) is 1. The van der Waals surface area contributed by atoms with Crippen molar-refractivity contribution in [1.29, 1.82) is 0 Å². The zero-order valence-corrected chi connectivity index (χ0v) is 13.3. The number of sulfone groups is 1. The molecule has 0 spiro atoms. The van der Waals surface area contributed by atoms with Gasteiger partial charge in [-0.25, -0.2) is 8.42 Å². The van der Waals surface area contributed by atoms with Gasteiger partial charge in [-0.15, -0.1) is 12.4 Å². The maximum atomic E-state index is 11.5. The van der Waals surface area contributed by atoms with Gasteiger partial charge in [0, 0.05) is 25.3 Å². The molecule has 114 valence electrons. The van der Waals surface area contributed by atoms with Crippen LogP contribution in [-0.4, -0.2) is 27.1 Å². The summed E-state index contributed by atoms with van der Waals surface area (Å²) in [5.41, 5.74) is 7.07. The molecular formula is C13H21ClN2O3S. The van der Waals surface area contributed by atoms with Crippen molar-refractivity contribution in [2.24, 2.45) is 11.7 Å². The van der Waals surface area contributed by atoms with Crippen LogP contribution in [0.25, 0.3) is 0 Å². The van der Waals surface area contributed by atoms with E-state index < -0.39 is 9.84 Å². The first-order valence-electron chi connectivity index (χ1n) is 6.05. The Morgan fingerprint density at radius 3 is 2.20 bits per heavy atom. The second-order valence-corrected chi connectivity index (χ2v) is 6.88. The SMILES string of the molecule is CC(CN)C(=O)NCc1ccc(CS(C)(=O)=O)cc1.Cl. The normalized spacial score (nSPS) is 12.3. The molecule has 3 N–H and O–H groups in total. The second kappa shape index (κ2) is 8.24.